The van der Waals surface area contributed by atoms with Crippen molar-refractivity contribution in [1.82, 2.24) is 0 Å². The third-order valence-corrected chi connectivity index (χ3v) is 5.69. The Labute approximate surface area is 185 Å². The van der Waals surface area contributed by atoms with Crippen LogP contribution in [-0.2, 0) is 16.1 Å². The zero-order chi connectivity index (χ0) is 22.0. The number of benzene rings is 2. The average molecular weight is 437 g/mol. The van der Waals surface area contributed by atoms with Gasteiger partial charge in [0.05, 0.1) is 13.0 Å². The predicted molar refractivity (Wildman–Crippen MR) is 115 cm³/mol. The molecule has 2 aliphatic rings. The molecule has 7 heteroatoms. The molecule has 2 aromatic rings. The maximum Gasteiger partial charge on any atom is 0.205 e. The Hall–Kier alpha value is -3.43. The maximum absolute atomic E-state index is 12.7. The molecule has 1 atom stereocenters. The largest absolute Gasteiger partial charge is 0.493 e. The van der Waals surface area contributed by atoms with Gasteiger partial charge in [0.25, 0.3) is 0 Å². The van der Waals surface area contributed by atoms with E-state index in [9.17, 15) is 10.1 Å². The summed E-state index contributed by atoms with van der Waals surface area (Å²) in [5.41, 5.74) is 8.44. The molecule has 0 saturated carbocycles. The van der Waals surface area contributed by atoms with Crippen LogP contribution >= 0.6 is 11.6 Å². The summed E-state index contributed by atoms with van der Waals surface area (Å²) in [5.74, 6) is 1.05. The van der Waals surface area contributed by atoms with Crippen LogP contribution in [0.15, 0.2) is 65.3 Å². The van der Waals surface area contributed by atoms with Crippen LogP contribution in [0.1, 0.15) is 36.3 Å². The second-order valence-electron chi connectivity index (χ2n) is 7.36. The van der Waals surface area contributed by atoms with Crippen LogP contribution in [-0.4, -0.2) is 12.9 Å². The van der Waals surface area contributed by atoms with Crippen molar-refractivity contribution in [2.45, 2.75) is 31.8 Å². The van der Waals surface area contributed by atoms with E-state index in [-0.39, 0.29) is 17.2 Å². The van der Waals surface area contributed by atoms with E-state index in [1.165, 1.54) is 0 Å². The van der Waals surface area contributed by atoms with Crippen LogP contribution in [0.3, 0.4) is 0 Å². The number of nitrogens with two attached hydrogens (primary N) is 1. The molecule has 1 aliphatic carbocycles. The monoisotopic (exact) mass is 436 g/mol. The lowest BCUT2D eigenvalue weighted by atomic mass is 9.77. The summed E-state index contributed by atoms with van der Waals surface area (Å²) in [6.45, 7) is 0.341. The number of rotatable bonds is 5. The summed E-state index contributed by atoms with van der Waals surface area (Å²) in [4.78, 5) is 12.7. The first-order valence-corrected chi connectivity index (χ1v) is 10.3. The highest BCUT2D eigenvalue weighted by molar-refractivity contribution is 6.30. The molecule has 1 heterocycles. The van der Waals surface area contributed by atoms with E-state index in [2.05, 4.69) is 6.07 Å². The quantitative estimate of drug-likeness (QED) is 0.727. The molecule has 0 amide bonds. The molecule has 158 valence electrons. The Kier molecular flexibility index (Phi) is 5.88. The molecule has 31 heavy (non-hydrogen) atoms. The minimum atomic E-state index is -0.583. The second kappa shape index (κ2) is 8.75. The number of carbonyl (C=O) groups excluding carboxylic acids is 1. The van der Waals surface area contributed by atoms with Crippen molar-refractivity contribution >= 4 is 17.4 Å². The van der Waals surface area contributed by atoms with Crippen molar-refractivity contribution < 1.29 is 19.0 Å². The summed E-state index contributed by atoms with van der Waals surface area (Å²) in [6.07, 6.45) is 1.76. The van der Waals surface area contributed by atoms with Gasteiger partial charge in [0.1, 0.15) is 24.0 Å². The van der Waals surface area contributed by atoms with Crippen molar-refractivity contribution in [2.75, 3.05) is 7.11 Å². The van der Waals surface area contributed by atoms with Gasteiger partial charge >= 0.3 is 0 Å². The van der Waals surface area contributed by atoms with E-state index in [1.807, 2.05) is 18.2 Å². The molecule has 0 spiro atoms. The van der Waals surface area contributed by atoms with Gasteiger partial charge < -0.3 is 19.9 Å². The van der Waals surface area contributed by atoms with Crippen LogP contribution in [0.5, 0.6) is 11.5 Å². The SMILES string of the molecule is COc1cc([C@H]2C(C#N)=C(N)OC3=C2C(=O)CCC3)ccc1OCc1ccc(Cl)cc1. The molecular weight excluding hydrogens is 416 g/mol. The van der Waals surface area contributed by atoms with Gasteiger partial charge in [-0.15, -0.1) is 0 Å². The number of ketones is 1. The number of methoxy groups -OCH3 is 1. The first-order chi connectivity index (χ1) is 15.0. The van der Waals surface area contributed by atoms with Crippen molar-refractivity contribution in [3.63, 3.8) is 0 Å². The predicted octanol–water partition coefficient (Wildman–Crippen LogP) is 4.74. The van der Waals surface area contributed by atoms with Crippen LogP contribution in [0.4, 0.5) is 0 Å². The molecule has 1 aliphatic heterocycles. The zero-order valence-corrected chi connectivity index (χ0v) is 17.7. The second-order valence-corrected chi connectivity index (χ2v) is 7.80. The Morgan fingerprint density at radius 2 is 1.97 bits per heavy atom. The number of nitriles is 1. The first kappa shape index (κ1) is 20.8. The molecule has 0 radical (unpaired) electrons. The van der Waals surface area contributed by atoms with Crippen LogP contribution in [0.2, 0.25) is 5.02 Å². The zero-order valence-electron chi connectivity index (χ0n) is 17.0. The minimum Gasteiger partial charge on any atom is -0.493 e. The van der Waals surface area contributed by atoms with E-state index in [1.54, 1.807) is 31.4 Å². The lowest BCUT2D eigenvalue weighted by molar-refractivity contribution is -0.116. The summed E-state index contributed by atoms with van der Waals surface area (Å²) in [6, 6.07) is 14.9. The molecule has 2 aromatic carbocycles. The summed E-state index contributed by atoms with van der Waals surface area (Å²) >= 11 is 5.93. The summed E-state index contributed by atoms with van der Waals surface area (Å²) in [5, 5.41) is 10.4. The highest BCUT2D eigenvalue weighted by Gasteiger charge is 2.38. The number of carbonyl (C=O) groups is 1. The molecule has 6 nitrogen and oxygen atoms in total. The highest BCUT2D eigenvalue weighted by atomic mass is 35.5. The van der Waals surface area contributed by atoms with Crippen LogP contribution < -0.4 is 15.2 Å². The van der Waals surface area contributed by atoms with Crippen molar-refractivity contribution in [3.05, 3.63) is 81.4 Å². The number of hydrogen-bond acceptors (Lipinski definition) is 6. The van der Waals surface area contributed by atoms with Crippen molar-refractivity contribution in [3.8, 4) is 17.6 Å². The maximum atomic E-state index is 12.7. The van der Waals surface area contributed by atoms with Crippen LogP contribution in [0.25, 0.3) is 0 Å². The summed E-state index contributed by atoms with van der Waals surface area (Å²) < 4.78 is 17.1. The minimum absolute atomic E-state index is 0.0199. The normalized spacial score (nSPS) is 18.2. The molecule has 0 aromatic heterocycles. The molecule has 0 unspecified atom stereocenters. The van der Waals surface area contributed by atoms with E-state index in [0.717, 1.165) is 11.1 Å². The average Bonchev–Trinajstić information content (AvgIpc) is 2.78. The van der Waals surface area contributed by atoms with Gasteiger partial charge in [0.15, 0.2) is 17.3 Å². The standard InChI is InChI=1S/C24H21ClN2O4/c1-29-21-11-15(7-10-19(21)30-13-14-5-8-16(25)9-6-14)22-17(12-26)24(27)31-20-4-2-3-18(28)23(20)22/h5-11,22H,2-4,13,27H2,1H3/t22-/m0/s1. The molecule has 4 rings (SSSR count). The molecular formula is C24H21ClN2O4. The number of hydrogen-bond donors (Lipinski definition) is 1. The van der Waals surface area contributed by atoms with Gasteiger partial charge in [-0.3, -0.25) is 4.79 Å². The Morgan fingerprint density at radius 3 is 2.68 bits per heavy atom. The fraction of sp³-hybridized carbons (Fsp3) is 0.250. The lowest BCUT2D eigenvalue weighted by Crippen LogP contribution is -2.27. The van der Waals surface area contributed by atoms with E-state index in [4.69, 9.17) is 31.5 Å². The molecule has 0 fully saturated rings. The Balaban J connectivity index is 1.67. The van der Waals surface area contributed by atoms with E-state index < -0.39 is 5.92 Å². The smallest absolute Gasteiger partial charge is 0.205 e. The number of nitrogens with zero attached hydrogens (tertiary/aromatic N) is 1. The number of halogens is 1. The lowest BCUT2D eigenvalue weighted by Gasteiger charge is -2.31. The molecule has 2 N–H and O–H groups in total. The highest BCUT2D eigenvalue weighted by Crippen LogP contribution is 2.45. The fourth-order valence-electron chi connectivity index (χ4n) is 3.91. The van der Waals surface area contributed by atoms with Crippen molar-refractivity contribution in [1.29, 1.82) is 5.26 Å². The first-order valence-electron chi connectivity index (χ1n) is 9.90. The van der Waals surface area contributed by atoms with Gasteiger partial charge in [-0.1, -0.05) is 29.8 Å². The number of Topliss-reactive ketones (excluding diaryl/α,β-unsaturated/α-hetero) is 1. The fourth-order valence-corrected chi connectivity index (χ4v) is 4.04. The van der Waals surface area contributed by atoms with E-state index >= 15 is 0 Å². The molecule has 0 bridgehead atoms. The van der Waals surface area contributed by atoms with Crippen LogP contribution in [0, 0.1) is 11.3 Å². The van der Waals surface area contributed by atoms with Gasteiger partial charge in [0.2, 0.25) is 5.88 Å². The number of ether oxygens (including phenoxy) is 3. The molecule has 0 saturated heterocycles. The third-order valence-electron chi connectivity index (χ3n) is 5.43. The summed E-state index contributed by atoms with van der Waals surface area (Å²) in [7, 11) is 1.55. The Morgan fingerprint density at radius 1 is 1.19 bits per heavy atom. The van der Waals surface area contributed by atoms with Crippen molar-refractivity contribution in [2.24, 2.45) is 5.73 Å². The van der Waals surface area contributed by atoms with Gasteiger partial charge in [-0.25, -0.2) is 0 Å². The number of allylic oxidation sites excluding steroid dienone is 3. The van der Waals surface area contributed by atoms with E-state index in [0.29, 0.717) is 53.7 Å². The topological polar surface area (TPSA) is 94.6 Å². The Bertz CT molecular complexity index is 1130. The van der Waals surface area contributed by atoms with Gasteiger partial charge in [-0.2, -0.15) is 5.26 Å². The van der Waals surface area contributed by atoms with Gasteiger partial charge in [-0.05, 0) is 41.8 Å². The third kappa shape index (κ3) is 4.10. The van der Waals surface area contributed by atoms with Gasteiger partial charge in [0, 0.05) is 23.4 Å².